The molecular formula is C54H77BrN14O5S2Si. The summed E-state index contributed by atoms with van der Waals surface area (Å²) in [5.74, 6) is 0.258. The van der Waals surface area contributed by atoms with E-state index in [2.05, 4.69) is 116 Å². The first-order valence-electron chi connectivity index (χ1n) is 26.7. The van der Waals surface area contributed by atoms with E-state index in [-0.39, 0.29) is 27.7 Å². The van der Waals surface area contributed by atoms with Crippen LogP contribution in [0.2, 0.25) is 25.7 Å². The number of nitrogens with zero attached hydrogens (tertiary/aromatic N) is 11. The van der Waals surface area contributed by atoms with Gasteiger partial charge in [0.05, 0.1) is 5.69 Å². The second-order valence-corrected chi connectivity index (χ2v) is 32.2. The first-order valence-corrected chi connectivity index (χ1v) is 34.1. The predicted molar refractivity (Wildman–Crippen MR) is 310 cm³/mol. The van der Waals surface area contributed by atoms with Gasteiger partial charge in [-0.15, -0.1) is 10.2 Å². The van der Waals surface area contributed by atoms with Crippen molar-refractivity contribution in [3.63, 3.8) is 0 Å². The number of halogens is 1. The number of hydrogen-bond acceptors (Lipinski definition) is 15. The number of sulfonamides is 2. The molecular weight excluding hydrogens is 1100 g/mol. The second kappa shape index (κ2) is 25.0. The van der Waals surface area contributed by atoms with Gasteiger partial charge in [0, 0.05) is 93.5 Å². The van der Waals surface area contributed by atoms with Gasteiger partial charge < -0.3 is 25.6 Å². The number of piperidine rings is 2. The summed E-state index contributed by atoms with van der Waals surface area (Å²) >= 11 is 3.19. The van der Waals surface area contributed by atoms with Crippen LogP contribution in [0.25, 0.3) is 22.3 Å². The van der Waals surface area contributed by atoms with Gasteiger partial charge in [-0.25, -0.2) is 26.6 Å². The SMILES string of the molecule is CN(C)C1CCN(S(=O)(=O)c2nc(Br)nn2COCC[Si](C)(C)C)CC1.Cc1cc(-c2ccc3c(c2N)CCC3)ccn1.Cc1cc(-c2ccc3c(c2Nc2n[nH]c(S(=O)(=O)N4CCC(N(C)C)CC4)n2)CCC3)ccn1. The van der Waals surface area contributed by atoms with Crippen LogP contribution in [0.3, 0.4) is 0 Å². The highest BCUT2D eigenvalue weighted by Crippen LogP contribution is 2.39. The average molecular weight is 1170 g/mol. The summed E-state index contributed by atoms with van der Waals surface area (Å²) in [5, 5.41) is 14.2. The maximum absolute atomic E-state index is 13.2. The number of nitrogens with one attached hydrogen (secondary N) is 2. The van der Waals surface area contributed by atoms with E-state index in [1.54, 1.807) is 6.20 Å². The molecule has 416 valence electrons. The molecule has 2 aliphatic carbocycles. The molecule has 4 aliphatic rings. The van der Waals surface area contributed by atoms with Gasteiger partial charge in [0.2, 0.25) is 10.7 Å². The number of anilines is 3. The molecule has 19 nitrogen and oxygen atoms in total. The number of aromatic amines is 1. The van der Waals surface area contributed by atoms with Crippen molar-refractivity contribution in [3.05, 3.63) is 99.3 Å². The van der Waals surface area contributed by atoms with Gasteiger partial charge in [0.15, 0.2) is 0 Å². The first-order chi connectivity index (χ1) is 36.6. The van der Waals surface area contributed by atoms with E-state index in [9.17, 15) is 16.8 Å². The number of ether oxygens (including phenoxy) is 1. The van der Waals surface area contributed by atoms with E-state index in [0.29, 0.717) is 44.9 Å². The van der Waals surface area contributed by atoms with Crippen LogP contribution >= 0.6 is 15.9 Å². The summed E-state index contributed by atoms with van der Waals surface area (Å²) in [5.41, 5.74) is 19.9. The summed E-state index contributed by atoms with van der Waals surface area (Å²) < 4.78 is 62.7. The van der Waals surface area contributed by atoms with E-state index in [1.807, 2.05) is 66.4 Å². The molecule has 4 aromatic heterocycles. The van der Waals surface area contributed by atoms with E-state index in [0.717, 1.165) is 96.9 Å². The van der Waals surface area contributed by atoms with Crippen molar-refractivity contribution >= 4 is 61.4 Å². The number of aromatic nitrogens is 8. The van der Waals surface area contributed by atoms with Gasteiger partial charge in [-0.3, -0.25) is 9.97 Å². The number of rotatable bonds is 15. The second-order valence-electron chi connectivity index (χ2n) is 22.2. The van der Waals surface area contributed by atoms with Crippen LogP contribution in [0.5, 0.6) is 0 Å². The number of nitrogen functional groups attached to an aromatic ring is 1. The molecule has 77 heavy (non-hydrogen) atoms. The average Bonchev–Trinajstić information content (AvgIpc) is 4.26. The third-order valence-electron chi connectivity index (χ3n) is 15.0. The largest absolute Gasteiger partial charge is 0.398 e. The Bertz CT molecular complexity index is 3220. The number of benzene rings is 2. The van der Waals surface area contributed by atoms with E-state index in [4.69, 9.17) is 10.5 Å². The fourth-order valence-electron chi connectivity index (χ4n) is 10.5. The molecule has 6 heterocycles. The van der Waals surface area contributed by atoms with Gasteiger partial charge in [0.1, 0.15) is 6.73 Å². The lowest BCUT2D eigenvalue weighted by Crippen LogP contribution is -2.45. The van der Waals surface area contributed by atoms with Crippen LogP contribution in [0.4, 0.5) is 17.3 Å². The minimum Gasteiger partial charge on any atom is -0.398 e. The lowest BCUT2D eigenvalue weighted by atomic mass is 9.97. The van der Waals surface area contributed by atoms with Crippen molar-refractivity contribution in [1.82, 2.24) is 58.3 Å². The number of pyridine rings is 2. The topological polar surface area (TPSA) is 227 Å². The quantitative estimate of drug-likeness (QED) is 0.0499. The molecule has 2 fully saturated rings. The molecule has 10 rings (SSSR count). The van der Waals surface area contributed by atoms with Crippen LogP contribution in [0.15, 0.2) is 76.0 Å². The van der Waals surface area contributed by atoms with Crippen LogP contribution in [-0.2, 0) is 57.2 Å². The lowest BCUT2D eigenvalue weighted by Gasteiger charge is -2.34. The van der Waals surface area contributed by atoms with Crippen molar-refractivity contribution in [2.75, 3.05) is 72.0 Å². The minimum absolute atomic E-state index is 0.0549. The molecule has 0 saturated carbocycles. The summed E-state index contributed by atoms with van der Waals surface area (Å²) in [4.78, 5) is 21.3. The number of nitrogens with two attached hydrogens (primary N) is 1. The summed E-state index contributed by atoms with van der Waals surface area (Å²) in [7, 11) is -0.480. The molecule has 0 radical (unpaired) electrons. The standard InChI is InChI=1S/C24H31N7O2S.C15H30BrN5O3SSi.C15H16N2/c1-16-15-18(9-12-25-16)21-8-7-17-5-4-6-20(17)22(21)26-23-27-24(29-28-23)34(32,33)31-13-10-19(11-14-31)30(2)3;1-19(2)13-6-8-20(9-7-13)25(22,23)15-17-14(16)18-21(15)12-24-10-11-26(3,4)5;1-10-9-12(7-8-17-10)14-6-5-11-3-2-4-13(11)15(14)16/h7-9,12,15,19H,4-6,10-11,13-14H2,1-3H3,(H2,26,27,28,29);13H,6-12H2,1-5H3;5-9H,2-4,16H2,1H3. The van der Waals surface area contributed by atoms with Crippen LogP contribution in [-0.4, -0.2) is 156 Å². The molecule has 0 spiro atoms. The zero-order chi connectivity index (χ0) is 55.2. The predicted octanol–water partition coefficient (Wildman–Crippen LogP) is 8.32. The smallest absolute Gasteiger partial charge is 0.278 e. The molecule has 23 heteroatoms. The Labute approximate surface area is 465 Å². The Balaban J connectivity index is 0.000000161. The number of fused-ring (bicyclic) bond motifs is 2. The molecule has 6 aromatic rings. The van der Waals surface area contributed by atoms with Crippen molar-refractivity contribution < 1.29 is 21.6 Å². The Hall–Kier alpha value is -4.98. The monoisotopic (exact) mass is 1170 g/mol. The van der Waals surface area contributed by atoms with Crippen molar-refractivity contribution in [3.8, 4) is 22.3 Å². The third-order valence-corrected chi connectivity index (χ3v) is 20.6. The highest BCUT2D eigenvalue weighted by molar-refractivity contribution is 9.10. The van der Waals surface area contributed by atoms with E-state index < -0.39 is 28.1 Å². The normalized spacial score (nSPS) is 16.7. The van der Waals surface area contributed by atoms with Crippen LogP contribution in [0.1, 0.15) is 72.2 Å². The Morgan fingerprint density at radius 2 is 1.27 bits per heavy atom. The Kier molecular flexibility index (Phi) is 18.9. The van der Waals surface area contributed by atoms with Gasteiger partial charge in [-0.1, -0.05) is 43.9 Å². The molecule has 0 unspecified atom stereocenters. The van der Waals surface area contributed by atoms with Gasteiger partial charge in [0.25, 0.3) is 30.4 Å². The Morgan fingerprint density at radius 3 is 1.83 bits per heavy atom. The van der Waals surface area contributed by atoms with Gasteiger partial charge >= 0.3 is 0 Å². The lowest BCUT2D eigenvalue weighted by molar-refractivity contribution is 0.0708. The van der Waals surface area contributed by atoms with Crippen LogP contribution in [0, 0.1) is 13.8 Å². The molecule has 0 bridgehead atoms. The first kappa shape index (κ1) is 58.2. The summed E-state index contributed by atoms with van der Waals surface area (Å²) in [6.45, 7) is 13.4. The number of H-pyrrole nitrogens is 1. The van der Waals surface area contributed by atoms with Crippen molar-refractivity contribution in [2.24, 2.45) is 0 Å². The van der Waals surface area contributed by atoms with Crippen molar-refractivity contribution in [1.29, 1.82) is 0 Å². The number of hydrogen-bond donors (Lipinski definition) is 3. The minimum atomic E-state index is -3.72. The molecule has 2 aliphatic heterocycles. The van der Waals surface area contributed by atoms with E-state index >= 15 is 0 Å². The fraction of sp³-hybridized carbons (Fsp3) is 0.519. The zero-order valence-corrected chi connectivity index (χ0v) is 50.4. The van der Waals surface area contributed by atoms with E-state index in [1.165, 1.54) is 54.0 Å². The number of aryl methyl sites for hydroxylation is 4. The third kappa shape index (κ3) is 14.3. The highest BCUT2D eigenvalue weighted by atomic mass is 79.9. The summed E-state index contributed by atoms with van der Waals surface area (Å²) in [6, 6.07) is 18.6. The molecule has 0 amide bonds. The highest BCUT2D eigenvalue weighted by Gasteiger charge is 2.35. The zero-order valence-electron chi connectivity index (χ0n) is 46.2. The van der Waals surface area contributed by atoms with Gasteiger partial charge in [-0.2, -0.15) is 18.6 Å². The molecule has 2 saturated heterocycles. The molecule has 0 atom stereocenters. The summed E-state index contributed by atoms with van der Waals surface area (Å²) in [6.07, 6.45) is 13.5. The van der Waals surface area contributed by atoms with Crippen LogP contribution < -0.4 is 11.1 Å². The molecule has 4 N–H and O–H groups in total. The maximum atomic E-state index is 13.2. The molecule has 2 aromatic carbocycles. The Morgan fingerprint density at radius 1 is 0.740 bits per heavy atom. The fourth-order valence-corrected chi connectivity index (χ4v) is 14.5. The van der Waals surface area contributed by atoms with Crippen molar-refractivity contribution in [2.45, 2.75) is 133 Å². The maximum Gasteiger partial charge on any atom is 0.278 e. The van der Waals surface area contributed by atoms with Gasteiger partial charge in [-0.05, 0) is 186 Å².